The fraction of sp³-hybridized carbons (Fsp3) is 0.538. The van der Waals surface area contributed by atoms with E-state index in [4.69, 9.17) is 4.74 Å². The van der Waals surface area contributed by atoms with Gasteiger partial charge in [-0.1, -0.05) is 18.2 Å². The van der Waals surface area contributed by atoms with Crippen LogP contribution in [0.1, 0.15) is 24.0 Å². The van der Waals surface area contributed by atoms with E-state index >= 15 is 0 Å². The van der Waals surface area contributed by atoms with Gasteiger partial charge in [0.2, 0.25) is 0 Å². The Morgan fingerprint density at radius 2 is 2.18 bits per heavy atom. The smallest absolute Gasteiger partial charge is 0.272 e. The fourth-order valence-electron chi connectivity index (χ4n) is 1.75. The van der Waals surface area contributed by atoms with E-state index in [0.717, 1.165) is 11.1 Å². The zero-order chi connectivity index (χ0) is 12.3. The number of hydrogen-bond donors (Lipinski definition) is 1. The number of hydrogen-bond acceptors (Lipinski definition) is 2. The number of benzene rings is 1. The molecule has 1 N–H and O–H groups in total. The van der Waals surface area contributed by atoms with Crippen LogP contribution in [0.3, 0.4) is 0 Å². The van der Waals surface area contributed by atoms with Crippen molar-refractivity contribution in [3.05, 3.63) is 29.3 Å². The summed E-state index contributed by atoms with van der Waals surface area (Å²) in [5, 5.41) is 3.36. The average Bonchev–Trinajstić information content (AvgIpc) is 3.08. The number of aryl methyl sites for hydroxylation is 1. The van der Waals surface area contributed by atoms with Crippen LogP contribution in [0, 0.1) is 6.92 Å². The number of para-hydroxylation sites is 1. The Morgan fingerprint density at radius 1 is 1.41 bits per heavy atom. The molecule has 2 nitrogen and oxygen atoms in total. The van der Waals surface area contributed by atoms with Gasteiger partial charge in [0.1, 0.15) is 12.4 Å². The summed E-state index contributed by atoms with van der Waals surface area (Å²) in [6, 6.07) is 6.32. The van der Waals surface area contributed by atoms with Gasteiger partial charge < -0.3 is 10.1 Å². The molecule has 0 aliphatic heterocycles. The maximum absolute atomic E-state index is 12.2. The molecule has 1 aliphatic rings. The number of rotatable bonds is 6. The first-order valence-corrected chi connectivity index (χ1v) is 5.89. The van der Waals surface area contributed by atoms with Gasteiger partial charge in [-0.05, 0) is 25.3 Å². The van der Waals surface area contributed by atoms with E-state index in [-0.39, 0.29) is 0 Å². The van der Waals surface area contributed by atoms with Crippen molar-refractivity contribution in [3.8, 4) is 5.75 Å². The van der Waals surface area contributed by atoms with Crippen molar-refractivity contribution < 1.29 is 13.5 Å². The summed E-state index contributed by atoms with van der Waals surface area (Å²) in [6.07, 6.45) is -0.0169. The molecule has 0 amide bonds. The lowest BCUT2D eigenvalue weighted by atomic mass is 10.1. The zero-order valence-corrected chi connectivity index (χ0v) is 9.88. The van der Waals surface area contributed by atoms with Crippen molar-refractivity contribution in [2.75, 3.05) is 6.61 Å². The van der Waals surface area contributed by atoms with E-state index in [0.29, 0.717) is 18.3 Å². The van der Waals surface area contributed by atoms with E-state index in [2.05, 4.69) is 5.32 Å². The van der Waals surface area contributed by atoms with Crippen molar-refractivity contribution in [2.24, 2.45) is 0 Å². The number of nitrogens with one attached hydrogen (secondary N) is 1. The predicted octanol–water partition coefficient (Wildman–Crippen LogP) is 2.89. The van der Waals surface area contributed by atoms with Crippen molar-refractivity contribution in [2.45, 2.75) is 38.8 Å². The normalized spacial score (nSPS) is 15.3. The molecule has 0 heterocycles. The maximum atomic E-state index is 12.2. The van der Waals surface area contributed by atoms with Crippen molar-refractivity contribution in [3.63, 3.8) is 0 Å². The highest BCUT2D eigenvalue weighted by Crippen LogP contribution is 2.26. The van der Waals surface area contributed by atoms with Crippen LogP contribution < -0.4 is 10.1 Å². The molecule has 1 saturated carbocycles. The number of ether oxygens (including phenoxy) is 1. The molecular formula is C13H17F2NO. The highest BCUT2D eigenvalue weighted by atomic mass is 19.3. The van der Waals surface area contributed by atoms with Crippen LogP contribution in [0.5, 0.6) is 5.75 Å². The van der Waals surface area contributed by atoms with Gasteiger partial charge >= 0.3 is 0 Å². The second-order valence-electron chi connectivity index (χ2n) is 4.42. The third-order valence-electron chi connectivity index (χ3n) is 2.81. The minimum absolute atomic E-state index is 0.540. The van der Waals surface area contributed by atoms with Crippen molar-refractivity contribution >= 4 is 0 Å². The van der Waals surface area contributed by atoms with E-state index in [9.17, 15) is 8.78 Å². The molecule has 0 radical (unpaired) electrons. The first-order chi connectivity index (χ1) is 8.16. The van der Waals surface area contributed by atoms with Crippen LogP contribution in [0.25, 0.3) is 0 Å². The molecule has 94 valence electrons. The second kappa shape index (κ2) is 5.45. The van der Waals surface area contributed by atoms with Gasteiger partial charge in [0.05, 0.1) is 0 Å². The van der Waals surface area contributed by atoms with E-state index in [1.54, 1.807) is 0 Å². The first kappa shape index (κ1) is 12.3. The zero-order valence-electron chi connectivity index (χ0n) is 9.88. The molecule has 2 rings (SSSR count). The lowest BCUT2D eigenvalue weighted by Crippen LogP contribution is -2.17. The molecular weight excluding hydrogens is 224 g/mol. The lowest BCUT2D eigenvalue weighted by molar-refractivity contribution is 0.0810. The van der Waals surface area contributed by atoms with Gasteiger partial charge in [0.25, 0.3) is 6.43 Å². The maximum Gasteiger partial charge on any atom is 0.272 e. The van der Waals surface area contributed by atoms with Crippen LogP contribution in [0.4, 0.5) is 8.78 Å². The molecule has 0 bridgehead atoms. The van der Waals surface area contributed by atoms with Gasteiger partial charge in [-0.3, -0.25) is 0 Å². The quantitative estimate of drug-likeness (QED) is 0.826. The summed E-state index contributed by atoms with van der Waals surface area (Å²) in [7, 11) is 0. The molecule has 1 fully saturated rings. The van der Waals surface area contributed by atoms with Gasteiger partial charge in [-0.25, -0.2) is 8.78 Å². The topological polar surface area (TPSA) is 21.3 Å². The second-order valence-corrected chi connectivity index (χ2v) is 4.42. The van der Waals surface area contributed by atoms with Crippen molar-refractivity contribution in [1.29, 1.82) is 0 Å². The van der Waals surface area contributed by atoms with Gasteiger partial charge in [-0.15, -0.1) is 0 Å². The van der Waals surface area contributed by atoms with Crippen LogP contribution in [-0.4, -0.2) is 19.1 Å². The van der Waals surface area contributed by atoms with Crippen LogP contribution in [0.2, 0.25) is 0 Å². The molecule has 1 aliphatic carbocycles. The molecule has 1 aromatic rings. The summed E-state index contributed by atoms with van der Waals surface area (Å²) in [4.78, 5) is 0. The molecule has 0 aromatic heterocycles. The van der Waals surface area contributed by atoms with E-state index < -0.39 is 13.0 Å². The third-order valence-corrected chi connectivity index (χ3v) is 2.81. The number of alkyl halides is 2. The third kappa shape index (κ3) is 3.66. The van der Waals surface area contributed by atoms with Crippen LogP contribution >= 0.6 is 0 Å². The highest BCUT2D eigenvalue weighted by molar-refractivity contribution is 5.40. The van der Waals surface area contributed by atoms with Crippen LogP contribution in [0.15, 0.2) is 18.2 Å². The van der Waals surface area contributed by atoms with Gasteiger partial charge in [-0.2, -0.15) is 0 Å². The SMILES string of the molecule is Cc1cccc(CNC2CC2)c1OCC(F)F. The number of halogens is 2. The summed E-state index contributed by atoms with van der Waals surface area (Å²) in [5.74, 6) is 0.598. The van der Waals surface area contributed by atoms with Crippen LogP contribution in [-0.2, 0) is 6.54 Å². The summed E-state index contributed by atoms with van der Waals surface area (Å²) in [6.45, 7) is 2.02. The van der Waals surface area contributed by atoms with E-state index in [1.807, 2.05) is 25.1 Å². The summed E-state index contributed by atoms with van der Waals surface area (Å²) >= 11 is 0. The minimum Gasteiger partial charge on any atom is -0.487 e. The molecule has 17 heavy (non-hydrogen) atoms. The minimum atomic E-state index is -2.43. The Labute approximate surface area is 100.0 Å². The molecule has 0 saturated heterocycles. The molecule has 0 atom stereocenters. The van der Waals surface area contributed by atoms with E-state index in [1.165, 1.54) is 12.8 Å². The lowest BCUT2D eigenvalue weighted by Gasteiger charge is -2.14. The molecule has 0 unspecified atom stereocenters. The standard InChI is InChI=1S/C13H17F2NO/c1-9-3-2-4-10(7-16-11-5-6-11)13(9)17-8-12(14)15/h2-4,11-12,16H,5-8H2,1H3. The van der Waals surface area contributed by atoms with Gasteiger partial charge in [0.15, 0.2) is 0 Å². The average molecular weight is 241 g/mol. The Morgan fingerprint density at radius 3 is 2.82 bits per heavy atom. The summed E-state index contributed by atoms with van der Waals surface area (Å²) in [5.41, 5.74) is 1.86. The summed E-state index contributed by atoms with van der Waals surface area (Å²) < 4.78 is 29.5. The Hall–Kier alpha value is -1.16. The molecule has 4 heteroatoms. The Balaban J connectivity index is 2.03. The Bertz CT molecular complexity index is 378. The first-order valence-electron chi connectivity index (χ1n) is 5.89. The highest BCUT2D eigenvalue weighted by Gasteiger charge is 2.21. The predicted molar refractivity (Wildman–Crippen MR) is 62.5 cm³/mol. The largest absolute Gasteiger partial charge is 0.487 e. The molecule has 0 spiro atoms. The Kier molecular flexibility index (Phi) is 3.94. The van der Waals surface area contributed by atoms with Crippen molar-refractivity contribution in [1.82, 2.24) is 5.32 Å². The fourth-order valence-corrected chi connectivity index (χ4v) is 1.75. The molecule has 1 aromatic carbocycles. The monoisotopic (exact) mass is 241 g/mol. The van der Waals surface area contributed by atoms with Gasteiger partial charge in [0, 0.05) is 18.2 Å².